The summed E-state index contributed by atoms with van der Waals surface area (Å²) in [6.07, 6.45) is -0.907. The molecule has 1 aromatic carbocycles. The third-order valence-electron chi connectivity index (χ3n) is 4.34. The SMILES string of the molecule is Cc1cc(C)c(C=C2C(=O)N(C(=O)OCC(O)COS(=O)(=O)O)c3ccccc32)[nH]1. The van der Waals surface area contributed by atoms with E-state index in [1.165, 1.54) is 0 Å². The van der Waals surface area contributed by atoms with Crippen LogP contribution in [-0.4, -0.2) is 54.4 Å². The fourth-order valence-corrected chi connectivity index (χ4v) is 3.38. The Kier molecular flexibility index (Phi) is 6.08. The number of aryl methyl sites for hydroxylation is 2. The molecule has 3 N–H and O–H groups in total. The maximum absolute atomic E-state index is 13.0. The number of aliphatic hydroxyl groups excluding tert-OH is 1. The van der Waals surface area contributed by atoms with Crippen molar-refractivity contribution in [3.05, 3.63) is 52.8 Å². The zero-order chi connectivity index (χ0) is 22.1. The lowest BCUT2D eigenvalue weighted by atomic mass is 10.1. The molecule has 0 fully saturated rings. The third-order valence-corrected chi connectivity index (χ3v) is 4.77. The van der Waals surface area contributed by atoms with Crippen molar-refractivity contribution in [2.75, 3.05) is 18.1 Å². The Balaban J connectivity index is 1.80. The first-order valence-electron chi connectivity index (χ1n) is 8.85. The first-order chi connectivity index (χ1) is 14.1. The summed E-state index contributed by atoms with van der Waals surface area (Å²) in [5, 5.41) is 9.65. The number of carbonyl (C=O) groups is 2. The molecule has 0 saturated heterocycles. The van der Waals surface area contributed by atoms with Gasteiger partial charge in [-0.3, -0.25) is 9.35 Å². The van der Waals surface area contributed by atoms with Crippen LogP contribution in [0, 0.1) is 13.8 Å². The van der Waals surface area contributed by atoms with Crippen LogP contribution in [-0.2, 0) is 24.1 Å². The standard InChI is InChI=1S/C19H20N2O8S/c1-11-7-12(2)20-16(11)8-15-14-5-3-4-6-17(14)21(18(15)23)19(24)28-9-13(22)10-29-30(25,26)27/h3-8,13,20,22H,9-10H2,1-2H3,(H,25,26,27). The fraction of sp³-hybridized carbons (Fsp3) is 0.263. The Labute approximate surface area is 172 Å². The number of nitrogens with one attached hydrogen (secondary N) is 1. The molecule has 11 heteroatoms. The quantitative estimate of drug-likeness (QED) is 0.459. The molecule has 2 aromatic rings. The second-order valence-corrected chi connectivity index (χ2v) is 7.80. The Morgan fingerprint density at radius 2 is 1.97 bits per heavy atom. The lowest BCUT2D eigenvalue weighted by molar-refractivity contribution is -0.112. The molecule has 1 aliphatic rings. The minimum Gasteiger partial charge on any atom is -0.446 e. The van der Waals surface area contributed by atoms with Crippen molar-refractivity contribution in [2.45, 2.75) is 20.0 Å². The number of hydrogen-bond acceptors (Lipinski definition) is 7. The maximum Gasteiger partial charge on any atom is 0.421 e. The Morgan fingerprint density at radius 1 is 1.27 bits per heavy atom. The summed E-state index contributed by atoms with van der Waals surface area (Å²) in [5.41, 5.74) is 3.76. The number of hydrogen-bond donors (Lipinski definition) is 3. The fourth-order valence-electron chi connectivity index (χ4n) is 3.05. The van der Waals surface area contributed by atoms with Crippen molar-refractivity contribution in [3.8, 4) is 0 Å². The van der Waals surface area contributed by atoms with E-state index in [0.717, 1.165) is 21.9 Å². The number of carbonyl (C=O) groups excluding carboxylic acids is 2. The van der Waals surface area contributed by atoms with Gasteiger partial charge in [0, 0.05) is 17.0 Å². The van der Waals surface area contributed by atoms with E-state index >= 15 is 0 Å². The summed E-state index contributed by atoms with van der Waals surface area (Å²) < 4.78 is 38.5. The summed E-state index contributed by atoms with van der Waals surface area (Å²) in [5.74, 6) is -0.600. The van der Waals surface area contributed by atoms with E-state index in [2.05, 4.69) is 9.17 Å². The molecule has 0 saturated carbocycles. The van der Waals surface area contributed by atoms with Crippen LogP contribution in [0.4, 0.5) is 10.5 Å². The Bertz CT molecular complexity index is 1120. The molecule has 0 radical (unpaired) electrons. The van der Waals surface area contributed by atoms with Gasteiger partial charge >= 0.3 is 16.5 Å². The molecule has 160 valence electrons. The third kappa shape index (κ3) is 4.76. The predicted octanol–water partition coefficient (Wildman–Crippen LogP) is 1.84. The summed E-state index contributed by atoms with van der Waals surface area (Å²) >= 11 is 0. The molecule has 30 heavy (non-hydrogen) atoms. The number of amides is 2. The topological polar surface area (TPSA) is 146 Å². The van der Waals surface area contributed by atoms with E-state index in [-0.39, 0.29) is 0 Å². The summed E-state index contributed by atoms with van der Waals surface area (Å²) in [6.45, 7) is 2.32. The molecule has 0 spiro atoms. The van der Waals surface area contributed by atoms with Gasteiger partial charge < -0.3 is 14.8 Å². The van der Waals surface area contributed by atoms with Gasteiger partial charge in [-0.25, -0.2) is 13.9 Å². The smallest absolute Gasteiger partial charge is 0.421 e. The van der Waals surface area contributed by atoms with Gasteiger partial charge in [0.2, 0.25) is 0 Å². The molecule has 3 rings (SSSR count). The molecular weight excluding hydrogens is 416 g/mol. The molecule has 10 nitrogen and oxygen atoms in total. The average Bonchev–Trinajstić information content (AvgIpc) is 3.13. The molecule has 0 aliphatic carbocycles. The molecular formula is C19H20N2O8S. The Morgan fingerprint density at radius 3 is 2.60 bits per heavy atom. The molecule has 1 atom stereocenters. The number of anilines is 1. The second-order valence-electron chi connectivity index (χ2n) is 6.71. The van der Waals surface area contributed by atoms with Crippen LogP contribution in [0.1, 0.15) is 22.5 Å². The van der Waals surface area contributed by atoms with Gasteiger partial charge in [-0.15, -0.1) is 0 Å². The summed E-state index contributed by atoms with van der Waals surface area (Å²) in [6, 6.07) is 8.61. The lowest BCUT2D eigenvalue weighted by Crippen LogP contribution is -2.36. The van der Waals surface area contributed by atoms with Gasteiger partial charge in [-0.2, -0.15) is 8.42 Å². The highest BCUT2D eigenvalue weighted by molar-refractivity contribution is 7.80. The normalized spacial score (nSPS) is 16.1. The Hall–Kier alpha value is -2.99. The van der Waals surface area contributed by atoms with Crippen LogP contribution in [0.3, 0.4) is 0 Å². The minimum absolute atomic E-state index is 0.294. The highest BCUT2D eigenvalue weighted by Crippen LogP contribution is 2.38. The second kappa shape index (κ2) is 8.40. The number of ether oxygens (including phenoxy) is 1. The first-order valence-corrected chi connectivity index (χ1v) is 10.2. The predicted molar refractivity (Wildman–Crippen MR) is 107 cm³/mol. The molecule has 2 heterocycles. The number of H-pyrrole nitrogens is 1. The van der Waals surface area contributed by atoms with Gasteiger partial charge in [-0.1, -0.05) is 18.2 Å². The van der Waals surface area contributed by atoms with Crippen molar-refractivity contribution in [1.82, 2.24) is 4.98 Å². The van der Waals surface area contributed by atoms with E-state index in [0.29, 0.717) is 16.8 Å². The number of aromatic amines is 1. The largest absolute Gasteiger partial charge is 0.446 e. The number of para-hydroxylation sites is 1. The monoisotopic (exact) mass is 436 g/mol. The number of benzene rings is 1. The van der Waals surface area contributed by atoms with Crippen molar-refractivity contribution >= 4 is 39.7 Å². The highest BCUT2D eigenvalue weighted by atomic mass is 32.3. The lowest BCUT2D eigenvalue weighted by Gasteiger charge is -2.16. The van der Waals surface area contributed by atoms with Crippen molar-refractivity contribution in [1.29, 1.82) is 0 Å². The van der Waals surface area contributed by atoms with Crippen LogP contribution in [0.2, 0.25) is 0 Å². The molecule has 1 aromatic heterocycles. The van der Waals surface area contributed by atoms with E-state index in [1.807, 2.05) is 19.9 Å². The molecule has 1 aliphatic heterocycles. The van der Waals surface area contributed by atoms with Crippen molar-refractivity contribution in [3.63, 3.8) is 0 Å². The number of rotatable bonds is 6. The van der Waals surface area contributed by atoms with Gasteiger partial charge in [0.25, 0.3) is 5.91 Å². The molecule has 2 amide bonds. The minimum atomic E-state index is -4.74. The van der Waals surface area contributed by atoms with E-state index in [9.17, 15) is 23.1 Å². The number of fused-ring (bicyclic) bond motifs is 1. The maximum atomic E-state index is 13.0. The van der Waals surface area contributed by atoms with Gasteiger partial charge in [-0.05, 0) is 37.6 Å². The molecule has 1 unspecified atom stereocenters. The molecule has 0 bridgehead atoms. The van der Waals surface area contributed by atoms with Crippen LogP contribution in [0.25, 0.3) is 11.6 Å². The number of imide groups is 1. The average molecular weight is 436 g/mol. The van der Waals surface area contributed by atoms with Crippen molar-refractivity contribution in [2.24, 2.45) is 0 Å². The summed E-state index contributed by atoms with van der Waals surface area (Å²) in [4.78, 5) is 29.5. The van der Waals surface area contributed by atoms with Gasteiger partial charge in [0.05, 0.1) is 17.9 Å². The zero-order valence-corrected chi connectivity index (χ0v) is 17.0. The van der Waals surface area contributed by atoms with Crippen LogP contribution >= 0.6 is 0 Å². The van der Waals surface area contributed by atoms with E-state index in [4.69, 9.17) is 9.29 Å². The summed E-state index contributed by atoms with van der Waals surface area (Å²) in [7, 11) is -4.74. The van der Waals surface area contributed by atoms with Gasteiger partial charge in [0.1, 0.15) is 12.7 Å². The van der Waals surface area contributed by atoms with Crippen LogP contribution in [0.15, 0.2) is 30.3 Å². The van der Waals surface area contributed by atoms with Crippen LogP contribution < -0.4 is 4.90 Å². The van der Waals surface area contributed by atoms with E-state index < -0.39 is 41.7 Å². The van der Waals surface area contributed by atoms with Crippen molar-refractivity contribution < 1.29 is 36.6 Å². The first kappa shape index (κ1) is 21.7. The van der Waals surface area contributed by atoms with E-state index in [1.54, 1.807) is 30.3 Å². The zero-order valence-electron chi connectivity index (χ0n) is 16.2. The van der Waals surface area contributed by atoms with Gasteiger partial charge in [0.15, 0.2) is 0 Å². The highest BCUT2D eigenvalue weighted by Gasteiger charge is 2.38. The van der Waals surface area contributed by atoms with Crippen LogP contribution in [0.5, 0.6) is 0 Å². The number of nitrogens with zero attached hydrogens (tertiary/aromatic N) is 1. The number of aromatic nitrogens is 1. The number of aliphatic hydroxyl groups is 1.